The third-order valence-corrected chi connectivity index (χ3v) is 2.92. The number of carboxylic acids is 1. The van der Waals surface area contributed by atoms with Gasteiger partial charge in [-0.05, 0) is 39.8 Å². The SMILES string of the molecule is Cc1ccc(C(C)N(CCC(=O)O)C(C)C)o1. The molecule has 1 heterocycles. The molecule has 0 bridgehead atoms. The normalized spacial score (nSPS) is 13.3. The van der Waals surface area contributed by atoms with Crippen molar-refractivity contribution in [3.63, 3.8) is 0 Å². The second kappa shape index (κ2) is 5.87. The largest absolute Gasteiger partial charge is 0.481 e. The molecule has 0 fully saturated rings. The Balaban J connectivity index is 2.73. The van der Waals surface area contributed by atoms with Crippen molar-refractivity contribution >= 4 is 5.97 Å². The highest BCUT2D eigenvalue weighted by Crippen LogP contribution is 2.24. The third-order valence-electron chi connectivity index (χ3n) is 2.92. The van der Waals surface area contributed by atoms with Crippen LogP contribution in [0.25, 0.3) is 0 Å². The molecule has 0 spiro atoms. The summed E-state index contributed by atoms with van der Waals surface area (Å²) in [5.41, 5.74) is 0. The van der Waals surface area contributed by atoms with E-state index in [0.717, 1.165) is 11.5 Å². The summed E-state index contributed by atoms with van der Waals surface area (Å²) in [6, 6.07) is 4.27. The second-order valence-corrected chi connectivity index (χ2v) is 4.60. The molecule has 1 aromatic heterocycles. The lowest BCUT2D eigenvalue weighted by atomic mass is 10.1. The van der Waals surface area contributed by atoms with Crippen LogP contribution in [0.2, 0.25) is 0 Å². The monoisotopic (exact) mass is 239 g/mol. The van der Waals surface area contributed by atoms with Crippen molar-refractivity contribution in [1.29, 1.82) is 0 Å². The third kappa shape index (κ3) is 3.89. The van der Waals surface area contributed by atoms with Gasteiger partial charge in [0.2, 0.25) is 0 Å². The Morgan fingerprint density at radius 1 is 1.41 bits per heavy atom. The van der Waals surface area contributed by atoms with Crippen molar-refractivity contribution in [2.24, 2.45) is 0 Å². The first-order chi connectivity index (χ1) is 7.91. The van der Waals surface area contributed by atoms with Gasteiger partial charge >= 0.3 is 5.97 Å². The fourth-order valence-corrected chi connectivity index (χ4v) is 1.97. The Bertz CT molecular complexity index is 370. The molecule has 0 saturated carbocycles. The average molecular weight is 239 g/mol. The molecular formula is C13H21NO3. The lowest BCUT2D eigenvalue weighted by Gasteiger charge is -2.31. The summed E-state index contributed by atoms with van der Waals surface area (Å²) in [6.45, 7) is 8.61. The van der Waals surface area contributed by atoms with E-state index < -0.39 is 5.97 Å². The van der Waals surface area contributed by atoms with E-state index in [1.54, 1.807) is 0 Å². The van der Waals surface area contributed by atoms with Crippen LogP contribution < -0.4 is 0 Å². The minimum absolute atomic E-state index is 0.100. The van der Waals surface area contributed by atoms with Crippen LogP contribution in [0.3, 0.4) is 0 Å². The Hall–Kier alpha value is -1.29. The van der Waals surface area contributed by atoms with Crippen molar-refractivity contribution in [1.82, 2.24) is 4.90 Å². The number of aryl methyl sites for hydroxylation is 1. The molecule has 1 unspecified atom stereocenters. The van der Waals surface area contributed by atoms with E-state index in [-0.39, 0.29) is 18.5 Å². The van der Waals surface area contributed by atoms with Crippen molar-refractivity contribution in [2.45, 2.75) is 46.2 Å². The molecule has 96 valence electrons. The van der Waals surface area contributed by atoms with Crippen LogP contribution in [0.1, 0.15) is 44.8 Å². The van der Waals surface area contributed by atoms with E-state index in [2.05, 4.69) is 18.7 Å². The van der Waals surface area contributed by atoms with Gasteiger partial charge in [0.1, 0.15) is 11.5 Å². The molecule has 1 atom stereocenters. The summed E-state index contributed by atoms with van der Waals surface area (Å²) < 4.78 is 5.59. The molecule has 1 N–H and O–H groups in total. The van der Waals surface area contributed by atoms with Crippen LogP contribution in [0, 0.1) is 6.92 Å². The zero-order valence-electron chi connectivity index (χ0n) is 10.9. The van der Waals surface area contributed by atoms with Crippen molar-refractivity contribution < 1.29 is 14.3 Å². The molecule has 0 aliphatic carbocycles. The molecule has 0 radical (unpaired) electrons. The molecule has 1 rings (SSSR count). The Morgan fingerprint density at radius 2 is 2.06 bits per heavy atom. The van der Waals surface area contributed by atoms with Crippen LogP contribution in [-0.2, 0) is 4.79 Å². The maximum absolute atomic E-state index is 10.6. The maximum Gasteiger partial charge on any atom is 0.304 e. The molecule has 17 heavy (non-hydrogen) atoms. The van der Waals surface area contributed by atoms with E-state index in [0.29, 0.717) is 6.54 Å². The van der Waals surface area contributed by atoms with Crippen LogP contribution in [0.5, 0.6) is 0 Å². The topological polar surface area (TPSA) is 53.7 Å². The van der Waals surface area contributed by atoms with Crippen LogP contribution >= 0.6 is 0 Å². The number of carboxylic acid groups (broad SMARTS) is 1. The smallest absolute Gasteiger partial charge is 0.304 e. The van der Waals surface area contributed by atoms with Crippen molar-refractivity contribution in [3.05, 3.63) is 23.7 Å². The highest BCUT2D eigenvalue weighted by molar-refractivity contribution is 5.66. The zero-order valence-corrected chi connectivity index (χ0v) is 10.9. The predicted molar refractivity (Wildman–Crippen MR) is 66.0 cm³/mol. The van der Waals surface area contributed by atoms with Crippen molar-refractivity contribution in [3.8, 4) is 0 Å². The van der Waals surface area contributed by atoms with E-state index >= 15 is 0 Å². The summed E-state index contributed by atoms with van der Waals surface area (Å²) in [6.07, 6.45) is 0.155. The lowest BCUT2D eigenvalue weighted by molar-refractivity contribution is -0.137. The molecule has 4 heteroatoms. The Kier molecular flexibility index (Phi) is 4.75. The number of furan rings is 1. The van der Waals surface area contributed by atoms with Gasteiger partial charge < -0.3 is 9.52 Å². The molecule has 0 amide bonds. The van der Waals surface area contributed by atoms with Gasteiger partial charge in [0, 0.05) is 12.6 Å². The number of hydrogen-bond donors (Lipinski definition) is 1. The Labute approximate surface area is 102 Å². The summed E-state index contributed by atoms with van der Waals surface area (Å²) >= 11 is 0. The number of nitrogens with zero attached hydrogens (tertiary/aromatic N) is 1. The van der Waals surface area contributed by atoms with Gasteiger partial charge in [-0.3, -0.25) is 9.69 Å². The van der Waals surface area contributed by atoms with Gasteiger partial charge in [0.05, 0.1) is 12.5 Å². The van der Waals surface area contributed by atoms with Crippen LogP contribution in [0.4, 0.5) is 0 Å². The maximum atomic E-state index is 10.6. The summed E-state index contributed by atoms with van der Waals surface area (Å²) in [7, 11) is 0. The standard InChI is InChI=1S/C13H21NO3/c1-9(2)14(8-7-13(15)16)11(4)12-6-5-10(3)17-12/h5-6,9,11H,7-8H2,1-4H3,(H,15,16). The number of rotatable bonds is 6. The minimum Gasteiger partial charge on any atom is -0.481 e. The number of aliphatic carboxylic acids is 1. The van der Waals surface area contributed by atoms with Gasteiger partial charge in [-0.15, -0.1) is 0 Å². The molecule has 4 nitrogen and oxygen atoms in total. The van der Waals surface area contributed by atoms with Gasteiger partial charge in [0.25, 0.3) is 0 Å². The quantitative estimate of drug-likeness (QED) is 0.829. The zero-order chi connectivity index (χ0) is 13.0. The first-order valence-electron chi connectivity index (χ1n) is 5.95. The molecule has 0 aliphatic rings. The highest BCUT2D eigenvalue weighted by atomic mass is 16.4. The number of hydrogen-bond acceptors (Lipinski definition) is 3. The second-order valence-electron chi connectivity index (χ2n) is 4.60. The fourth-order valence-electron chi connectivity index (χ4n) is 1.97. The lowest BCUT2D eigenvalue weighted by Crippen LogP contribution is -2.35. The van der Waals surface area contributed by atoms with Crippen molar-refractivity contribution in [2.75, 3.05) is 6.54 Å². The van der Waals surface area contributed by atoms with Gasteiger partial charge in [-0.2, -0.15) is 0 Å². The fraction of sp³-hybridized carbons (Fsp3) is 0.615. The van der Waals surface area contributed by atoms with Crippen LogP contribution in [-0.4, -0.2) is 28.6 Å². The molecule has 0 saturated heterocycles. The first-order valence-corrected chi connectivity index (χ1v) is 5.95. The molecule has 0 aliphatic heterocycles. The summed E-state index contributed by atoms with van der Waals surface area (Å²) in [5, 5.41) is 8.75. The van der Waals surface area contributed by atoms with Gasteiger partial charge in [0.15, 0.2) is 0 Å². The average Bonchev–Trinajstić information content (AvgIpc) is 2.63. The molecular weight excluding hydrogens is 218 g/mol. The van der Waals surface area contributed by atoms with E-state index in [1.807, 2.05) is 26.0 Å². The van der Waals surface area contributed by atoms with Gasteiger partial charge in [-0.25, -0.2) is 0 Å². The Morgan fingerprint density at radius 3 is 2.47 bits per heavy atom. The highest BCUT2D eigenvalue weighted by Gasteiger charge is 2.21. The predicted octanol–water partition coefficient (Wildman–Crippen LogP) is 2.83. The summed E-state index contributed by atoms with van der Waals surface area (Å²) in [4.78, 5) is 12.8. The van der Waals surface area contributed by atoms with E-state index in [9.17, 15) is 4.79 Å². The summed E-state index contributed by atoms with van der Waals surface area (Å²) in [5.74, 6) is 1.01. The van der Waals surface area contributed by atoms with Gasteiger partial charge in [-0.1, -0.05) is 0 Å². The van der Waals surface area contributed by atoms with E-state index in [4.69, 9.17) is 9.52 Å². The number of carbonyl (C=O) groups is 1. The molecule has 0 aromatic carbocycles. The first kappa shape index (κ1) is 13.8. The minimum atomic E-state index is -0.765. The van der Waals surface area contributed by atoms with Crippen LogP contribution in [0.15, 0.2) is 16.5 Å². The molecule has 1 aromatic rings. The van der Waals surface area contributed by atoms with E-state index in [1.165, 1.54) is 0 Å².